The second-order valence-electron chi connectivity index (χ2n) is 3.75. The predicted octanol–water partition coefficient (Wildman–Crippen LogP) is 2.18. The third kappa shape index (κ3) is 2.94. The van der Waals surface area contributed by atoms with E-state index in [1.54, 1.807) is 12.1 Å². The Morgan fingerprint density at radius 1 is 1.28 bits per heavy atom. The average molecular weight is 244 g/mol. The third-order valence-corrected chi connectivity index (χ3v) is 2.41. The van der Waals surface area contributed by atoms with E-state index in [9.17, 15) is 10.1 Å². The number of nitrogens with one attached hydrogen (secondary N) is 1. The van der Waals surface area contributed by atoms with Crippen LogP contribution in [0.5, 0.6) is 0 Å². The van der Waals surface area contributed by atoms with Crippen LogP contribution in [-0.2, 0) is 6.54 Å². The molecule has 0 saturated heterocycles. The summed E-state index contributed by atoms with van der Waals surface area (Å²) >= 11 is 0. The minimum absolute atomic E-state index is 0.0183. The minimum Gasteiger partial charge on any atom is -0.399 e. The Morgan fingerprint density at radius 2 is 2.00 bits per heavy atom. The average Bonchev–Trinajstić information content (AvgIpc) is 2.38. The van der Waals surface area contributed by atoms with E-state index >= 15 is 0 Å². The number of rotatable bonds is 4. The zero-order valence-corrected chi connectivity index (χ0v) is 9.54. The second kappa shape index (κ2) is 5.13. The number of aromatic nitrogens is 1. The predicted molar refractivity (Wildman–Crippen MR) is 69.1 cm³/mol. The van der Waals surface area contributed by atoms with Crippen LogP contribution in [0, 0.1) is 10.1 Å². The van der Waals surface area contributed by atoms with Crippen molar-refractivity contribution in [2.75, 3.05) is 11.1 Å². The lowest BCUT2D eigenvalue weighted by Crippen LogP contribution is -2.02. The molecule has 0 aliphatic heterocycles. The summed E-state index contributed by atoms with van der Waals surface area (Å²) in [5, 5.41) is 13.6. The van der Waals surface area contributed by atoms with Crippen LogP contribution in [0.25, 0.3) is 0 Å². The molecule has 0 amide bonds. The lowest BCUT2D eigenvalue weighted by molar-refractivity contribution is -0.384. The molecule has 6 nitrogen and oxygen atoms in total. The number of nitrogens with two attached hydrogens (primary N) is 1. The van der Waals surface area contributed by atoms with Gasteiger partial charge in [-0.25, -0.2) is 4.98 Å². The van der Waals surface area contributed by atoms with Crippen LogP contribution in [-0.4, -0.2) is 9.91 Å². The van der Waals surface area contributed by atoms with Gasteiger partial charge in [0.25, 0.3) is 5.69 Å². The Morgan fingerprint density at radius 3 is 2.67 bits per heavy atom. The van der Waals surface area contributed by atoms with Crippen molar-refractivity contribution in [2.45, 2.75) is 6.54 Å². The van der Waals surface area contributed by atoms with Crippen LogP contribution in [0.3, 0.4) is 0 Å². The van der Waals surface area contributed by atoms with Gasteiger partial charge in [0, 0.05) is 24.5 Å². The fraction of sp³-hybridized carbons (Fsp3) is 0.0833. The first-order valence-corrected chi connectivity index (χ1v) is 5.34. The molecule has 0 saturated carbocycles. The maximum Gasteiger partial charge on any atom is 0.274 e. The standard InChI is InChI=1S/C12H12N4O2/c13-10-3-1-9(2-4-10)8-15-12-7-11(16(17)18)5-6-14-12/h1-7H,8,13H2,(H,14,15). The van der Waals surface area contributed by atoms with Crippen molar-refractivity contribution in [3.8, 4) is 0 Å². The van der Waals surface area contributed by atoms with Gasteiger partial charge in [-0.1, -0.05) is 12.1 Å². The maximum absolute atomic E-state index is 10.6. The van der Waals surface area contributed by atoms with Gasteiger partial charge < -0.3 is 11.1 Å². The fourth-order valence-corrected chi connectivity index (χ4v) is 1.46. The molecular weight excluding hydrogens is 232 g/mol. The number of pyridine rings is 1. The molecule has 0 unspecified atom stereocenters. The second-order valence-corrected chi connectivity index (χ2v) is 3.75. The van der Waals surface area contributed by atoms with Crippen molar-refractivity contribution < 1.29 is 4.92 Å². The van der Waals surface area contributed by atoms with Crippen molar-refractivity contribution in [1.29, 1.82) is 0 Å². The summed E-state index contributed by atoms with van der Waals surface area (Å²) in [6.45, 7) is 0.536. The molecule has 0 aliphatic rings. The van der Waals surface area contributed by atoms with E-state index in [4.69, 9.17) is 5.73 Å². The van der Waals surface area contributed by atoms with E-state index in [0.717, 1.165) is 5.56 Å². The first-order valence-electron chi connectivity index (χ1n) is 5.34. The van der Waals surface area contributed by atoms with Crippen molar-refractivity contribution in [3.05, 3.63) is 58.3 Å². The number of nitrogen functional groups attached to an aromatic ring is 1. The molecule has 92 valence electrons. The molecule has 0 radical (unpaired) electrons. The van der Waals surface area contributed by atoms with Gasteiger partial charge >= 0.3 is 0 Å². The summed E-state index contributed by atoms with van der Waals surface area (Å²) in [6, 6.07) is 10.1. The molecule has 6 heteroatoms. The van der Waals surface area contributed by atoms with Gasteiger partial charge in [-0.3, -0.25) is 10.1 Å². The number of hydrogen-bond acceptors (Lipinski definition) is 5. The van der Waals surface area contributed by atoms with Crippen molar-refractivity contribution in [1.82, 2.24) is 4.98 Å². The van der Waals surface area contributed by atoms with Gasteiger partial charge in [0.15, 0.2) is 0 Å². The molecule has 0 atom stereocenters. The molecule has 1 aromatic heterocycles. The largest absolute Gasteiger partial charge is 0.399 e. The summed E-state index contributed by atoms with van der Waals surface area (Å²) in [6.07, 6.45) is 1.41. The van der Waals surface area contributed by atoms with Gasteiger partial charge in [0.1, 0.15) is 5.82 Å². The lowest BCUT2D eigenvalue weighted by atomic mass is 10.2. The van der Waals surface area contributed by atoms with E-state index in [1.807, 2.05) is 12.1 Å². The van der Waals surface area contributed by atoms with Crippen molar-refractivity contribution in [3.63, 3.8) is 0 Å². The van der Waals surface area contributed by atoms with Crippen molar-refractivity contribution in [2.24, 2.45) is 0 Å². The highest BCUT2D eigenvalue weighted by molar-refractivity contribution is 5.45. The molecular formula is C12H12N4O2. The molecule has 2 rings (SSSR count). The zero-order valence-electron chi connectivity index (χ0n) is 9.54. The van der Waals surface area contributed by atoms with Gasteiger partial charge in [-0.2, -0.15) is 0 Å². The van der Waals surface area contributed by atoms with Crippen LogP contribution in [0.2, 0.25) is 0 Å². The molecule has 0 fully saturated rings. The van der Waals surface area contributed by atoms with Gasteiger partial charge in [0.05, 0.1) is 11.0 Å². The van der Waals surface area contributed by atoms with Crippen LogP contribution in [0.4, 0.5) is 17.2 Å². The van der Waals surface area contributed by atoms with E-state index in [0.29, 0.717) is 18.1 Å². The van der Waals surface area contributed by atoms with Gasteiger partial charge in [-0.05, 0) is 17.7 Å². The van der Waals surface area contributed by atoms with Gasteiger partial charge in [0.2, 0.25) is 0 Å². The molecule has 2 aromatic rings. The first-order chi connectivity index (χ1) is 8.65. The number of nitrogens with zero attached hydrogens (tertiary/aromatic N) is 2. The summed E-state index contributed by atoms with van der Waals surface area (Å²) in [5.74, 6) is 0.473. The summed E-state index contributed by atoms with van der Waals surface area (Å²) in [5.41, 5.74) is 7.32. The van der Waals surface area contributed by atoms with Crippen LogP contribution < -0.4 is 11.1 Å². The molecule has 0 aliphatic carbocycles. The normalized spacial score (nSPS) is 10.0. The number of benzene rings is 1. The topological polar surface area (TPSA) is 94.1 Å². The summed E-state index contributed by atoms with van der Waals surface area (Å²) < 4.78 is 0. The minimum atomic E-state index is -0.448. The van der Waals surface area contributed by atoms with E-state index in [2.05, 4.69) is 10.3 Å². The number of anilines is 2. The zero-order chi connectivity index (χ0) is 13.0. The Bertz CT molecular complexity index is 554. The Kier molecular flexibility index (Phi) is 3.38. The molecule has 1 aromatic carbocycles. The number of hydrogen-bond donors (Lipinski definition) is 2. The monoisotopic (exact) mass is 244 g/mol. The molecule has 1 heterocycles. The first kappa shape index (κ1) is 11.8. The highest BCUT2D eigenvalue weighted by Crippen LogP contribution is 2.15. The lowest BCUT2D eigenvalue weighted by Gasteiger charge is -2.05. The van der Waals surface area contributed by atoms with Crippen molar-refractivity contribution >= 4 is 17.2 Å². The molecule has 3 N–H and O–H groups in total. The smallest absolute Gasteiger partial charge is 0.274 e. The fourth-order valence-electron chi connectivity index (χ4n) is 1.46. The Labute approximate surface area is 104 Å². The quantitative estimate of drug-likeness (QED) is 0.488. The highest BCUT2D eigenvalue weighted by Gasteiger charge is 2.06. The molecule has 0 spiro atoms. The third-order valence-electron chi connectivity index (χ3n) is 2.41. The van der Waals surface area contributed by atoms with Crippen LogP contribution >= 0.6 is 0 Å². The highest BCUT2D eigenvalue weighted by atomic mass is 16.6. The summed E-state index contributed by atoms with van der Waals surface area (Å²) in [4.78, 5) is 14.2. The van der Waals surface area contributed by atoms with Gasteiger partial charge in [-0.15, -0.1) is 0 Å². The Hall–Kier alpha value is -2.63. The van der Waals surface area contributed by atoms with E-state index in [1.165, 1.54) is 18.3 Å². The molecule has 18 heavy (non-hydrogen) atoms. The van der Waals surface area contributed by atoms with E-state index in [-0.39, 0.29) is 5.69 Å². The van der Waals surface area contributed by atoms with E-state index < -0.39 is 4.92 Å². The SMILES string of the molecule is Nc1ccc(CNc2cc([N+](=O)[O-])ccn2)cc1. The van der Waals surface area contributed by atoms with Crippen LogP contribution in [0.1, 0.15) is 5.56 Å². The maximum atomic E-state index is 10.6. The summed E-state index contributed by atoms with van der Waals surface area (Å²) in [7, 11) is 0. The Balaban J connectivity index is 2.04. The number of nitro groups is 1. The van der Waals surface area contributed by atoms with Crippen LogP contribution in [0.15, 0.2) is 42.6 Å². The molecule has 0 bridgehead atoms.